The number of rotatable bonds is 58. The Morgan fingerprint density at radius 1 is 0.274 bits per heavy atom. The molecule has 6 nitrogen and oxygen atoms in total. The molecule has 0 rings (SSSR count). The van der Waals surface area contributed by atoms with Crippen LogP contribution >= 0.6 is 0 Å². The molecule has 0 radical (unpaired) electrons. The Labute approximate surface area is 453 Å². The maximum absolute atomic E-state index is 12.9. The summed E-state index contributed by atoms with van der Waals surface area (Å²) in [6.07, 6.45) is 77.8. The zero-order chi connectivity index (χ0) is 52.9. The number of esters is 3. The first-order valence-electron chi connectivity index (χ1n) is 31.8. The van der Waals surface area contributed by atoms with Crippen molar-refractivity contribution in [2.45, 2.75) is 335 Å². The summed E-state index contributed by atoms with van der Waals surface area (Å²) in [5, 5.41) is 0. The first kappa shape index (κ1) is 70.1. The van der Waals surface area contributed by atoms with Gasteiger partial charge < -0.3 is 14.2 Å². The third kappa shape index (κ3) is 59.9. The third-order valence-corrected chi connectivity index (χ3v) is 14.0. The normalized spacial score (nSPS) is 12.4. The first-order valence-corrected chi connectivity index (χ1v) is 31.8. The van der Waals surface area contributed by atoms with Crippen molar-refractivity contribution < 1.29 is 28.6 Å². The topological polar surface area (TPSA) is 78.9 Å². The summed E-state index contributed by atoms with van der Waals surface area (Å²) in [7, 11) is 0. The van der Waals surface area contributed by atoms with Crippen LogP contribution in [-0.2, 0) is 28.6 Å². The molecule has 0 aromatic carbocycles. The van der Waals surface area contributed by atoms with Crippen molar-refractivity contribution in [3.8, 4) is 0 Å². The van der Waals surface area contributed by atoms with Gasteiger partial charge in [-0.3, -0.25) is 14.4 Å². The van der Waals surface area contributed by atoms with E-state index in [-0.39, 0.29) is 31.1 Å². The molecule has 424 valence electrons. The van der Waals surface area contributed by atoms with Crippen LogP contribution in [0.2, 0.25) is 0 Å². The lowest BCUT2D eigenvalue weighted by Crippen LogP contribution is -2.30. The first-order chi connectivity index (χ1) is 36.0. The highest BCUT2D eigenvalue weighted by atomic mass is 16.6. The van der Waals surface area contributed by atoms with Crippen molar-refractivity contribution in [3.63, 3.8) is 0 Å². The van der Waals surface area contributed by atoms with Crippen molar-refractivity contribution in [3.05, 3.63) is 60.8 Å². The van der Waals surface area contributed by atoms with Gasteiger partial charge in [-0.05, 0) is 109 Å². The van der Waals surface area contributed by atoms with Crippen LogP contribution < -0.4 is 0 Å². The molecular formula is C67H120O6. The van der Waals surface area contributed by atoms with Gasteiger partial charge >= 0.3 is 17.9 Å². The maximum Gasteiger partial charge on any atom is 0.306 e. The minimum absolute atomic E-state index is 0.0781. The molecule has 73 heavy (non-hydrogen) atoms. The van der Waals surface area contributed by atoms with Gasteiger partial charge in [0, 0.05) is 19.3 Å². The maximum atomic E-state index is 12.9. The largest absolute Gasteiger partial charge is 0.462 e. The van der Waals surface area contributed by atoms with Crippen molar-refractivity contribution in [1.29, 1.82) is 0 Å². The van der Waals surface area contributed by atoms with Gasteiger partial charge in [0.2, 0.25) is 0 Å². The minimum atomic E-state index is -0.781. The second-order valence-electron chi connectivity index (χ2n) is 21.3. The Morgan fingerprint density at radius 2 is 0.493 bits per heavy atom. The fourth-order valence-corrected chi connectivity index (χ4v) is 9.15. The summed E-state index contributed by atoms with van der Waals surface area (Å²) in [5.74, 6) is -0.875. The molecule has 0 unspecified atom stereocenters. The molecule has 0 aliphatic carbocycles. The summed E-state index contributed by atoms with van der Waals surface area (Å²) in [6.45, 7) is 6.62. The minimum Gasteiger partial charge on any atom is -0.462 e. The van der Waals surface area contributed by atoms with E-state index in [4.69, 9.17) is 14.2 Å². The van der Waals surface area contributed by atoms with Crippen LogP contribution in [-0.4, -0.2) is 37.2 Å². The Bertz CT molecular complexity index is 1310. The summed E-state index contributed by atoms with van der Waals surface area (Å²) < 4.78 is 16.9. The number of hydrogen-bond donors (Lipinski definition) is 0. The van der Waals surface area contributed by atoms with Crippen LogP contribution in [0.3, 0.4) is 0 Å². The van der Waals surface area contributed by atoms with Gasteiger partial charge in [-0.15, -0.1) is 0 Å². The SMILES string of the molecule is CCCCC/C=C\C/C=C\CCCCCCCCCCCC(=O)OC[C@@H](COC(=O)CCCCCCCCC/C=C\C/C=C\CCCCC)OC(=O)CCCCCCCCCCC/C=C\CCCCCCCC. The van der Waals surface area contributed by atoms with Crippen LogP contribution in [0, 0.1) is 0 Å². The molecule has 0 amide bonds. The Hall–Kier alpha value is -2.89. The lowest BCUT2D eigenvalue weighted by Gasteiger charge is -2.18. The summed E-state index contributed by atoms with van der Waals surface area (Å²) in [6, 6.07) is 0. The smallest absolute Gasteiger partial charge is 0.306 e. The number of carbonyl (C=O) groups is 3. The van der Waals surface area contributed by atoms with Gasteiger partial charge in [0.05, 0.1) is 0 Å². The molecule has 0 N–H and O–H groups in total. The van der Waals surface area contributed by atoms with E-state index in [2.05, 4.69) is 81.5 Å². The molecule has 0 bridgehead atoms. The van der Waals surface area contributed by atoms with Gasteiger partial charge in [-0.2, -0.15) is 0 Å². The number of ether oxygens (including phenoxy) is 3. The van der Waals surface area contributed by atoms with Gasteiger partial charge in [0.1, 0.15) is 13.2 Å². The quantitative estimate of drug-likeness (QED) is 0.0261. The summed E-state index contributed by atoms with van der Waals surface area (Å²) >= 11 is 0. The number of unbranched alkanes of at least 4 members (excludes halogenated alkanes) is 37. The number of hydrogen-bond acceptors (Lipinski definition) is 6. The van der Waals surface area contributed by atoms with Gasteiger partial charge in [0.15, 0.2) is 6.10 Å². The predicted molar refractivity (Wildman–Crippen MR) is 316 cm³/mol. The van der Waals surface area contributed by atoms with Gasteiger partial charge in [-0.25, -0.2) is 0 Å². The Kier molecular flexibility index (Phi) is 59.2. The van der Waals surface area contributed by atoms with Crippen molar-refractivity contribution in [2.24, 2.45) is 0 Å². The summed E-state index contributed by atoms with van der Waals surface area (Å²) in [5.41, 5.74) is 0. The zero-order valence-corrected chi connectivity index (χ0v) is 48.7. The fourth-order valence-electron chi connectivity index (χ4n) is 9.15. The highest BCUT2D eigenvalue weighted by Gasteiger charge is 2.19. The fraction of sp³-hybridized carbons (Fsp3) is 0.806. The standard InChI is InChI=1S/C67H120O6/c1-4-7-10-13-16-19-22-25-28-31-33-36-39-42-45-48-51-54-57-60-66(69)72-63-64(62-71-65(68)59-56-53-50-47-44-41-38-35-30-27-24-21-18-15-12-9-6-3)73-67(70)61-58-55-52-49-46-43-40-37-34-32-29-26-23-20-17-14-11-8-5-2/h16,18-19,21,25-30,64H,4-15,17,20,22-24,31-63H2,1-3H3/b19-16-,21-18-,28-25-,29-26-,30-27-/t64-/m1/s1. The Balaban J connectivity index is 4.38. The van der Waals surface area contributed by atoms with E-state index in [0.29, 0.717) is 19.3 Å². The van der Waals surface area contributed by atoms with Crippen molar-refractivity contribution >= 4 is 17.9 Å². The predicted octanol–water partition coefficient (Wildman–Crippen LogP) is 21.6. The molecule has 0 heterocycles. The van der Waals surface area contributed by atoms with Gasteiger partial charge in [0.25, 0.3) is 0 Å². The second kappa shape index (κ2) is 61.7. The monoisotopic (exact) mass is 1020 g/mol. The molecule has 1 atom stereocenters. The molecule has 0 spiro atoms. The van der Waals surface area contributed by atoms with E-state index >= 15 is 0 Å². The van der Waals surface area contributed by atoms with E-state index in [9.17, 15) is 14.4 Å². The van der Waals surface area contributed by atoms with Crippen LogP contribution in [0.4, 0.5) is 0 Å². The second-order valence-corrected chi connectivity index (χ2v) is 21.3. The summed E-state index contributed by atoms with van der Waals surface area (Å²) in [4.78, 5) is 38.3. The van der Waals surface area contributed by atoms with Crippen LogP contribution in [0.5, 0.6) is 0 Å². The molecule has 0 aromatic rings. The van der Waals surface area contributed by atoms with Crippen LogP contribution in [0.1, 0.15) is 329 Å². The van der Waals surface area contributed by atoms with Crippen molar-refractivity contribution in [2.75, 3.05) is 13.2 Å². The van der Waals surface area contributed by atoms with Crippen LogP contribution in [0.25, 0.3) is 0 Å². The zero-order valence-electron chi connectivity index (χ0n) is 48.7. The molecule has 0 aliphatic heterocycles. The molecule has 6 heteroatoms. The molecule has 0 fully saturated rings. The average molecular weight is 1020 g/mol. The number of allylic oxidation sites excluding steroid dienone is 10. The third-order valence-electron chi connectivity index (χ3n) is 14.0. The molecule has 0 saturated carbocycles. The van der Waals surface area contributed by atoms with E-state index in [0.717, 1.165) is 77.0 Å². The van der Waals surface area contributed by atoms with Gasteiger partial charge in [-0.1, -0.05) is 261 Å². The molecule has 0 aliphatic rings. The van der Waals surface area contributed by atoms with E-state index in [1.165, 1.54) is 212 Å². The lowest BCUT2D eigenvalue weighted by atomic mass is 10.1. The Morgan fingerprint density at radius 3 is 0.795 bits per heavy atom. The van der Waals surface area contributed by atoms with E-state index < -0.39 is 6.10 Å². The average Bonchev–Trinajstić information content (AvgIpc) is 3.39. The number of carbonyl (C=O) groups excluding carboxylic acids is 3. The molecular weight excluding hydrogens is 901 g/mol. The van der Waals surface area contributed by atoms with Crippen LogP contribution in [0.15, 0.2) is 60.8 Å². The molecule has 0 saturated heterocycles. The van der Waals surface area contributed by atoms with E-state index in [1.807, 2.05) is 0 Å². The highest BCUT2D eigenvalue weighted by molar-refractivity contribution is 5.71. The molecule has 0 aromatic heterocycles. The van der Waals surface area contributed by atoms with Crippen molar-refractivity contribution in [1.82, 2.24) is 0 Å². The lowest BCUT2D eigenvalue weighted by molar-refractivity contribution is -0.167. The van der Waals surface area contributed by atoms with E-state index in [1.54, 1.807) is 0 Å². The highest BCUT2D eigenvalue weighted by Crippen LogP contribution is 2.16.